The molecule has 0 bridgehead atoms. The monoisotopic (exact) mass is 224 g/mol. The largest absolute Gasteiger partial charge is 0.467 e. The molecule has 0 saturated carbocycles. The third-order valence-electron chi connectivity index (χ3n) is 2.98. The molecule has 1 atom stereocenters. The van der Waals surface area contributed by atoms with Crippen molar-refractivity contribution in [3.63, 3.8) is 0 Å². The first-order valence-corrected chi connectivity index (χ1v) is 5.51. The number of rotatable bonds is 3. The summed E-state index contributed by atoms with van der Waals surface area (Å²) in [5, 5.41) is 8.95. The normalized spacial score (nSPS) is 19.2. The fourth-order valence-electron chi connectivity index (χ4n) is 2.25. The maximum absolute atomic E-state index is 11.7. The summed E-state index contributed by atoms with van der Waals surface area (Å²) in [6.45, 7) is 0.0460. The van der Waals surface area contributed by atoms with E-state index in [1.165, 1.54) is 7.11 Å². The number of carbonyl (C=O) groups is 1. The van der Waals surface area contributed by atoms with Crippen LogP contribution in [0.5, 0.6) is 0 Å². The van der Waals surface area contributed by atoms with E-state index >= 15 is 0 Å². The van der Waals surface area contributed by atoms with E-state index in [-0.39, 0.29) is 18.6 Å². The molecule has 0 radical (unpaired) electrons. The number of aryl methyl sites for hydroxylation is 1. The van der Waals surface area contributed by atoms with Gasteiger partial charge in [0.05, 0.1) is 13.7 Å². The Morgan fingerprint density at radius 1 is 1.75 bits per heavy atom. The lowest BCUT2D eigenvalue weighted by Gasteiger charge is -2.25. The van der Waals surface area contributed by atoms with Crippen LogP contribution in [0.3, 0.4) is 0 Å². The van der Waals surface area contributed by atoms with E-state index in [9.17, 15) is 4.79 Å². The van der Waals surface area contributed by atoms with Crippen LogP contribution in [-0.2, 0) is 22.4 Å². The van der Waals surface area contributed by atoms with Crippen LogP contribution in [0.25, 0.3) is 0 Å². The minimum absolute atomic E-state index is 0.0460. The number of aliphatic hydroxyl groups excluding tert-OH is 1. The van der Waals surface area contributed by atoms with E-state index < -0.39 is 0 Å². The summed E-state index contributed by atoms with van der Waals surface area (Å²) in [5.74, 6) is 0.547. The summed E-state index contributed by atoms with van der Waals surface area (Å²) in [5.41, 5.74) is 1.06. The molecule has 0 spiro atoms. The number of nitrogens with zero attached hydrogens (tertiary/aromatic N) is 2. The van der Waals surface area contributed by atoms with Crippen molar-refractivity contribution in [1.82, 2.24) is 9.55 Å². The fourth-order valence-corrected chi connectivity index (χ4v) is 2.25. The second-order valence-corrected chi connectivity index (χ2v) is 3.94. The van der Waals surface area contributed by atoms with Crippen molar-refractivity contribution in [2.45, 2.75) is 31.7 Å². The number of aromatic nitrogens is 2. The highest BCUT2D eigenvalue weighted by Crippen LogP contribution is 2.27. The summed E-state index contributed by atoms with van der Waals surface area (Å²) < 4.78 is 6.72. The number of carbonyl (C=O) groups excluding carboxylic acids is 1. The van der Waals surface area contributed by atoms with Gasteiger partial charge in [-0.15, -0.1) is 0 Å². The molecule has 0 aliphatic carbocycles. The number of ether oxygens (including phenoxy) is 1. The Labute approximate surface area is 94.1 Å². The van der Waals surface area contributed by atoms with E-state index in [4.69, 9.17) is 9.84 Å². The van der Waals surface area contributed by atoms with Gasteiger partial charge in [0.1, 0.15) is 11.9 Å². The molecule has 1 aliphatic rings. The lowest BCUT2D eigenvalue weighted by molar-refractivity contribution is -0.145. The maximum atomic E-state index is 11.7. The van der Waals surface area contributed by atoms with Crippen LogP contribution in [0.1, 0.15) is 30.4 Å². The van der Waals surface area contributed by atoms with Gasteiger partial charge in [0, 0.05) is 18.3 Å². The van der Waals surface area contributed by atoms with Gasteiger partial charge in [-0.1, -0.05) is 0 Å². The second kappa shape index (κ2) is 4.65. The fraction of sp³-hybridized carbons (Fsp3) is 0.636. The SMILES string of the molecule is COC(=O)C1CCCc2cnc(CCO)n21. The third kappa shape index (κ3) is 1.82. The van der Waals surface area contributed by atoms with Gasteiger partial charge < -0.3 is 14.4 Å². The number of hydrogen-bond donors (Lipinski definition) is 1. The van der Waals surface area contributed by atoms with Gasteiger partial charge in [0.2, 0.25) is 0 Å². The van der Waals surface area contributed by atoms with Gasteiger partial charge in [-0.25, -0.2) is 9.78 Å². The van der Waals surface area contributed by atoms with Gasteiger partial charge in [-0.05, 0) is 19.3 Å². The summed E-state index contributed by atoms with van der Waals surface area (Å²) in [6.07, 6.45) is 4.97. The molecule has 1 aliphatic heterocycles. The van der Waals surface area contributed by atoms with Crippen LogP contribution in [0.15, 0.2) is 6.20 Å². The minimum atomic E-state index is -0.266. The molecule has 88 valence electrons. The Bertz CT molecular complexity index is 387. The number of aliphatic hydroxyl groups is 1. The van der Waals surface area contributed by atoms with Gasteiger partial charge in [-0.2, -0.15) is 0 Å². The van der Waals surface area contributed by atoms with Crippen molar-refractivity contribution in [3.8, 4) is 0 Å². The van der Waals surface area contributed by atoms with Crippen LogP contribution in [0.2, 0.25) is 0 Å². The summed E-state index contributed by atoms with van der Waals surface area (Å²) in [6, 6.07) is -0.266. The molecule has 5 heteroatoms. The van der Waals surface area contributed by atoms with Crippen molar-refractivity contribution >= 4 is 5.97 Å². The topological polar surface area (TPSA) is 64.3 Å². The molecule has 1 N–H and O–H groups in total. The standard InChI is InChI=1S/C11H16N2O3/c1-16-11(15)9-4-2-3-8-7-12-10(5-6-14)13(8)9/h7,9,14H,2-6H2,1H3. The zero-order valence-corrected chi connectivity index (χ0v) is 9.35. The van der Waals surface area contributed by atoms with E-state index in [2.05, 4.69) is 4.98 Å². The maximum Gasteiger partial charge on any atom is 0.328 e. The number of hydrogen-bond acceptors (Lipinski definition) is 4. The van der Waals surface area contributed by atoms with Crippen molar-refractivity contribution in [2.24, 2.45) is 0 Å². The molecule has 1 aromatic rings. The summed E-state index contributed by atoms with van der Waals surface area (Å²) in [7, 11) is 1.40. The van der Waals surface area contributed by atoms with Crippen molar-refractivity contribution in [2.75, 3.05) is 13.7 Å². The Morgan fingerprint density at radius 2 is 2.56 bits per heavy atom. The number of esters is 1. The first kappa shape index (κ1) is 11.1. The minimum Gasteiger partial charge on any atom is -0.467 e. The Balaban J connectivity index is 2.34. The molecule has 0 amide bonds. The van der Waals surface area contributed by atoms with Gasteiger partial charge in [0.25, 0.3) is 0 Å². The molecule has 0 saturated heterocycles. The first-order valence-electron chi connectivity index (χ1n) is 5.51. The quantitative estimate of drug-likeness (QED) is 0.758. The highest BCUT2D eigenvalue weighted by molar-refractivity contribution is 5.74. The first-order chi connectivity index (χ1) is 7.77. The van der Waals surface area contributed by atoms with Crippen molar-refractivity contribution in [1.29, 1.82) is 0 Å². The van der Waals surface area contributed by atoms with Crippen molar-refractivity contribution < 1.29 is 14.6 Å². The van der Waals surface area contributed by atoms with Crippen LogP contribution in [-0.4, -0.2) is 34.3 Å². The Hall–Kier alpha value is -1.36. The molecular formula is C11H16N2O3. The molecule has 5 nitrogen and oxygen atoms in total. The molecule has 0 aromatic carbocycles. The zero-order valence-electron chi connectivity index (χ0n) is 9.35. The average Bonchev–Trinajstić information content (AvgIpc) is 2.72. The Morgan fingerprint density at radius 3 is 3.25 bits per heavy atom. The smallest absolute Gasteiger partial charge is 0.328 e. The highest BCUT2D eigenvalue weighted by atomic mass is 16.5. The van der Waals surface area contributed by atoms with Gasteiger partial charge >= 0.3 is 5.97 Å². The van der Waals surface area contributed by atoms with E-state index in [0.29, 0.717) is 6.42 Å². The second-order valence-electron chi connectivity index (χ2n) is 3.94. The highest BCUT2D eigenvalue weighted by Gasteiger charge is 2.28. The molecule has 16 heavy (non-hydrogen) atoms. The van der Waals surface area contributed by atoms with Crippen LogP contribution < -0.4 is 0 Å². The van der Waals surface area contributed by atoms with E-state index in [0.717, 1.165) is 30.8 Å². The predicted molar refractivity (Wildman–Crippen MR) is 57.0 cm³/mol. The zero-order chi connectivity index (χ0) is 11.5. The van der Waals surface area contributed by atoms with Gasteiger partial charge in [0.15, 0.2) is 0 Å². The summed E-state index contributed by atoms with van der Waals surface area (Å²) in [4.78, 5) is 15.9. The molecule has 0 fully saturated rings. The molecule has 2 rings (SSSR count). The molecule has 1 aromatic heterocycles. The van der Waals surface area contributed by atoms with E-state index in [1.807, 2.05) is 4.57 Å². The van der Waals surface area contributed by atoms with E-state index in [1.54, 1.807) is 6.20 Å². The van der Waals surface area contributed by atoms with Crippen molar-refractivity contribution in [3.05, 3.63) is 17.7 Å². The Kier molecular flexibility index (Phi) is 3.24. The van der Waals surface area contributed by atoms with Crippen LogP contribution >= 0.6 is 0 Å². The van der Waals surface area contributed by atoms with Gasteiger partial charge in [-0.3, -0.25) is 0 Å². The summed E-state index contributed by atoms with van der Waals surface area (Å²) >= 11 is 0. The molecule has 2 heterocycles. The lowest BCUT2D eigenvalue weighted by Crippen LogP contribution is -2.27. The third-order valence-corrected chi connectivity index (χ3v) is 2.98. The van der Waals surface area contributed by atoms with Crippen LogP contribution in [0, 0.1) is 0 Å². The predicted octanol–water partition coefficient (Wildman–Crippen LogP) is 0.468. The number of methoxy groups -OCH3 is 1. The molecule has 1 unspecified atom stereocenters. The number of imidazole rings is 1. The van der Waals surface area contributed by atoms with Crippen LogP contribution in [0.4, 0.5) is 0 Å². The number of fused-ring (bicyclic) bond motifs is 1. The average molecular weight is 224 g/mol. The lowest BCUT2D eigenvalue weighted by atomic mass is 10.0. The molecular weight excluding hydrogens is 208 g/mol.